The van der Waals surface area contributed by atoms with Gasteiger partial charge in [0.05, 0.1) is 19.0 Å². The predicted octanol–water partition coefficient (Wildman–Crippen LogP) is 1.55. The van der Waals surface area contributed by atoms with Crippen LogP contribution >= 0.6 is 0 Å². The Morgan fingerprint density at radius 1 is 1.24 bits per heavy atom. The van der Waals surface area contributed by atoms with Crippen molar-refractivity contribution in [3.63, 3.8) is 0 Å². The number of hydrogen-bond donors (Lipinski definition) is 2. The van der Waals surface area contributed by atoms with Crippen molar-refractivity contribution in [3.8, 4) is 5.75 Å². The second-order valence-corrected chi connectivity index (χ2v) is 5.09. The van der Waals surface area contributed by atoms with Crippen LogP contribution < -0.4 is 10.1 Å². The van der Waals surface area contributed by atoms with Gasteiger partial charge in [0.1, 0.15) is 17.6 Å². The third-order valence-corrected chi connectivity index (χ3v) is 3.42. The molecule has 0 spiro atoms. The number of ether oxygens (including phenoxy) is 2. The maximum atomic E-state index is 12.3. The van der Waals surface area contributed by atoms with Crippen LogP contribution in [0.25, 0.3) is 11.2 Å². The molecule has 25 heavy (non-hydrogen) atoms. The first-order valence-corrected chi connectivity index (χ1v) is 7.38. The van der Waals surface area contributed by atoms with Gasteiger partial charge in [0.2, 0.25) is 0 Å². The number of hydrogen-bond acceptors (Lipinski definition) is 7. The van der Waals surface area contributed by atoms with E-state index in [2.05, 4.69) is 25.3 Å². The summed E-state index contributed by atoms with van der Waals surface area (Å²) >= 11 is 0. The summed E-state index contributed by atoms with van der Waals surface area (Å²) in [5, 5.41) is 2.59. The van der Waals surface area contributed by atoms with E-state index >= 15 is 0 Å². The van der Waals surface area contributed by atoms with Crippen LogP contribution in [-0.4, -0.2) is 45.0 Å². The van der Waals surface area contributed by atoms with Crippen LogP contribution in [0.2, 0.25) is 0 Å². The summed E-state index contributed by atoms with van der Waals surface area (Å²) in [4.78, 5) is 39.2. The lowest BCUT2D eigenvalue weighted by Gasteiger charge is -2.13. The summed E-state index contributed by atoms with van der Waals surface area (Å²) in [5.41, 5.74) is 1.20. The van der Waals surface area contributed by atoms with Gasteiger partial charge in [-0.15, -0.1) is 0 Å². The number of rotatable bonds is 5. The number of nitrogens with one attached hydrogen (secondary N) is 2. The van der Waals surface area contributed by atoms with Gasteiger partial charge in [-0.25, -0.2) is 19.7 Å². The van der Waals surface area contributed by atoms with Crippen molar-refractivity contribution in [2.75, 3.05) is 12.4 Å². The van der Waals surface area contributed by atoms with E-state index in [9.17, 15) is 9.59 Å². The molecule has 9 nitrogen and oxygen atoms in total. The molecule has 1 aromatic carbocycles. The van der Waals surface area contributed by atoms with Crippen LogP contribution in [0.1, 0.15) is 17.3 Å². The van der Waals surface area contributed by atoms with Crippen molar-refractivity contribution < 1.29 is 19.1 Å². The quantitative estimate of drug-likeness (QED) is 0.676. The molecule has 9 heteroatoms. The second kappa shape index (κ2) is 6.95. The van der Waals surface area contributed by atoms with Crippen molar-refractivity contribution >= 4 is 28.9 Å². The van der Waals surface area contributed by atoms with Crippen molar-refractivity contribution in [2.24, 2.45) is 0 Å². The Labute approximate surface area is 142 Å². The SMILES string of the molecule is COc1cccc(C(=O)OC(C)C(=O)Nc2ncnc3nc[nH]c23)c1. The number of fused-ring (bicyclic) bond motifs is 1. The highest BCUT2D eigenvalue weighted by molar-refractivity contribution is 6.00. The fourth-order valence-electron chi connectivity index (χ4n) is 2.11. The highest BCUT2D eigenvalue weighted by Gasteiger charge is 2.21. The molecule has 0 fully saturated rings. The molecule has 3 rings (SSSR count). The third-order valence-electron chi connectivity index (χ3n) is 3.42. The maximum Gasteiger partial charge on any atom is 0.339 e. The van der Waals surface area contributed by atoms with Crippen LogP contribution in [0.15, 0.2) is 36.9 Å². The molecule has 0 radical (unpaired) electrons. The topological polar surface area (TPSA) is 119 Å². The molecule has 0 aliphatic heterocycles. The number of imidazole rings is 1. The average molecular weight is 341 g/mol. The highest BCUT2D eigenvalue weighted by Crippen LogP contribution is 2.16. The fourth-order valence-corrected chi connectivity index (χ4v) is 2.11. The lowest BCUT2D eigenvalue weighted by atomic mass is 10.2. The number of carbonyl (C=O) groups excluding carboxylic acids is 2. The van der Waals surface area contributed by atoms with Crippen molar-refractivity contribution in [3.05, 3.63) is 42.5 Å². The fraction of sp³-hybridized carbons (Fsp3) is 0.188. The predicted molar refractivity (Wildman–Crippen MR) is 88.2 cm³/mol. The molecule has 1 unspecified atom stereocenters. The van der Waals surface area contributed by atoms with E-state index < -0.39 is 18.0 Å². The first-order valence-electron chi connectivity index (χ1n) is 7.38. The van der Waals surface area contributed by atoms with Crippen LogP contribution in [0.4, 0.5) is 5.82 Å². The largest absolute Gasteiger partial charge is 0.497 e. The number of esters is 1. The second-order valence-electron chi connectivity index (χ2n) is 5.09. The Morgan fingerprint density at radius 2 is 2.08 bits per heavy atom. The van der Waals surface area contributed by atoms with Gasteiger partial charge in [-0.1, -0.05) is 6.07 Å². The summed E-state index contributed by atoms with van der Waals surface area (Å²) in [5.74, 6) is -0.368. The van der Waals surface area contributed by atoms with Gasteiger partial charge in [0, 0.05) is 0 Å². The van der Waals surface area contributed by atoms with Crippen LogP contribution in [0, 0.1) is 0 Å². The van der Waals surface area contributed by atoms with E-state index in [0.717, 1.165) is 0 Å². The summed E-state index contributed by atoms with van der Waals surface area (Å²) in [6.07, 6.45) is 1.71. The molecule has 0 aliphatic carbocycles. The number of nitrogens with zero attached hydrogens (tertiary/aromatic N) is 3. The average Bonchev–Trinajstić information content (AvgIpc) is 3.11. The zero-order valence-corrected chi connectivity index (χ0v) is 13.5. The molecule has 2 aromatic heterocycles. The first-order chi connectivity index (χ1) is 12.1. The minimum atomic E-state index is -1.02. The van der Waals surface area contributed by atoms with Crippen LogP contribution in [0.5, 0.6) is 5.75 Å². The van der Waals surface area contributed by atoms with Gasteiger partial charge >= 0.3 is 5.97 Å². The number of anilines is 1. The Hall–Kier alpha value is -3.49. The standard InChI is InChI=1S/C16H15N5O4/c1-9(25-16(23)10-4-3-5-11(6-10)24-2)15(22)21-14-12-13(18-7-17-12)19-8-20-14/h3-9H,1-2H3,(H2,17,18,19,20,21,22). The van der Waals surface area contributed by atoms with Gasteiger partial charge in [-0.3, -0.25) is 4.79 Å². The summed E-state index contributed by atoms with van der Waals surface area (Å²) in [6.45, 7) is 1.47. The van der Waals surface area contributed by atoms with Crippen molar-refractivity contribution in [1.82, 2.24) is 19.9 Å². The summed E-state index contributed by atoms with van der Waals surface area (Å²) < 4.78 is 10.2. The molecule has 2 heterocycles. The molecular weight excluding hydrogens is 326 g/mol. The summed E-state index contributed by atoms with van der Waals surface area (Å²) in [6, 6.07) is 6.48. The number of aromatic amines is 1. The lowest BCUT2D eigenvalue weighted by molar-refractivity contribution is -0.123. The van der Waals surface area contributed by atoms with Crippen LogP contribution in [0.3, 0.4) is 0 Å². The van der Waals surface area contributed by atoms with Crippen molar-refractivity contribution in [1.29, 1.82) is 0 Å². The molecular formula is C16H15N5O4. The first kappa shape index (κ1) is 16.4. The van der Waals surface area contributed by atoms with Gasteiger partial charge in [-0.05, 0) is 25.1 Å². The van der Waals surface area contributed by atoms with E-state index in [-0.39, 0.29) is 11.4 Å². The van der Waals surface area contributed by atoms with E-state index in [1.54, 1.807) is 18.2 Å². The molecule has 1 amide bonds. The molecule has 0 saturated heterocycles. The zero-order chi connectivity index (χ0) is 17.8. The molecule has 0 bridgehead atoms. The monoisotopic (exact) mass is 341 g/mol. The zero-order valence-electron chi connectivity index (χ0n) is 13.5. The third kappa shape index (κ3) is 3.55. The molecule has 0 aliphatic rings. The normalized spacial score (nSPS) is 11.8. The molecule has 128 valence electrons. The van der Waals surface area contributed by atoms with Gasteiger partial charge < -0.3 is 19.8 Å². The highest BCUT2D eigenvalue weighted by atomic mass is 16.5. The van der Waals surface area contributed by atoms with E-state index in [4.69, 9.17) is 9.47 Å². The summed E-state index contributed by atoms with van der Waals surface area (Å²) in [7, 11) is 1.50. The molecule has 0 saturated carbocycles. The number of H-pyrrole nitrogens is 1. The number of carbonyl (C=O) groups is 2. The number of benzene rings is 1. The maximum absolute atomic E-state index is 12.3. The minimum absolute atomic E-state index is 0.261. The number of aromatic nitrogens is 4. The van der Waals surface area contributed by atoms with E-state index in [1.807, 2.05) is 0 Å². The van der Waals surface area contributed by atoms with E-state index in [0.29, 0.717) is 16.9 Å². The minimum Gasteiger partial charge on any atom is -0.497 e. The van der Waals surface area contributed by atoms with E-state index in [1.165, 1.54) is 32.8 Å². The Balaban J connectivity index is 1.68. The van der Waals surface area contributed by atoms with Gasteiger partial charge in [0.15, 0.2) is 17.6 Å². The Kier molecular flexibility index (Phi) is 4.55. The number of methoxy groups -OCH3 is 1. The Bertz CT molecular complexity index is 924. The number of amides is 1. The molecule has 3 aromatic rings. The van der Waals surface area contributed by atoms with Gasteiger partial charge in [-0.2, -0.15) is 0 Å². The molecule has 2 N–H and O–H groups in total. The van der Waals surface area contributed by atoms with Crippen LogP contribution in [-0.2, 0) is 9.53 Å². The lowest BCUT2D eigenvalue weighted by Crippen LogP contribution is -2.30. The van der Waals surface area contributed by atoms with Crippen molar-refractivity contribution in [2.45, 2.75) is 13.0 Å². The smallest absolute Gasteiger partial charge is 0.339 e. The Morgan fingerprint density at radius 3 is 2.88 bits per heavy atom. The van der Waals surface area contributed by atoms with Gasteiger partial charge in [0.25, 0.3) is 5.91 Å². The molecule has 1 atom stereocenters.